The Morgan fingerprint density at radius 1 is 1.02 bits per heavy atom. The van der Waals surface area contributed by atoms with Crippen molar-refractivity contribution in [3.63, 3.8) is 0 Å². The number of nitrogens with two attached hydrogens (primary N) is 1. The molecule has 3 aromatic heterocycles. The van der Waals surface area contributed by atoms with Crippen molar-refractivity contribution >= 4 is 25.2 Å². The van der Waals surface area contributed by atoms with Crippen molar-refractivity contribution in [1.82, 2.24) is 19.6 Å². The van der Waals surface area contributed by atoms with Gasteiger partial charge in [0.05, 0.1) is 33.1 Å². The zero-order chi connectivity index (χ0) is 29.0. The standard InChI is InChI=1S/C27H29F2N5O4S2/c1-15-8-16(9-23(30)27(15)40(3,37)38)20-6-7-31-13-17(20)10-25-32-14-18-4-5-24(33-34(18)25)26-21(28)11-19(12-22(26)29)39(2,35)36/h4-7,11-16,23,27H,8-10,30H2,1-3H3/t15-,16+,23+,27+/m0/s1. The van der Waals surface area contributed by atoms with Crippen molar-refractivity contribution in [1.29, 1.82) is 0 Å². The van der Waals surface area contributed by atoms with Gasteiger partial charge in [-0.1, -0.05) is 6.92 Å². The molecule has 4 aromatic rings. The molecule has 0 radical (unpaired) electrons. The predicted molar refractivity (Wildman–Crippen MR) is 146 cm³/mol. The maximum Gasteiger partial charge on any atom is 0.175 e. The molecule has 4 atom stereocenters. The summed E-state index contributed by atoms with van der Waals surface area (Å²) in [5.41, 5.74) is 8.34. The van der Waals surface area contributed by atoms with E-state index < -0.39 is 53.1 Å². The highest BCUT2D eigenvalue weighted by atomic mass is 32.2. The van der Waals surface area contributed by atoms with Gasteiger partial charge in [-0.05, 0) is 66.1 Å². The summed E-state index contributed by atoms with van der Waals surface area (Å²) < 4.78 is 79.5. The van der Waals surface area contributed by atoms with E-state index >= 15 is 0 Å². The Labute approximate surface area is 231 Å². The number of benzene rings is 1. The topological polar surface area (TPSA) is 137 Å². The quantitative estimate of drug-likeness (QED) is 0.362. The van der Waals surface area contributed by atoms with Gasteiger partial charge in [-0.2, -0.15) is 5.10 Å². The average molecular weight is 590 g/mol. The van der Waals surface area contributed by atoms with Crippen LogP contribution in [0.2, 0.25) is 0 Å². The minimum atomic E-state index is -3.80. The van der Waals surface area contributed by atoms with Gasteiger partial charge in [-0.3, -0.25) is 4.98 Å². The van der Waals surface area contributed by atoms with Crippen LogP contribution in [0.3, 0.4) is 0 Å². The van der Waals surface area contributed by atoms with E-state index in [1.165, 1.54) is 16.8 Å². The summed E-state index contributed by atoms with van der Waals surface area (Å²) in [6.07, 6.45) is 8.57. The Hall–Kier alpha value is -3.29. The number of rotatable bonds is 6. The number of hydrogen-bond donors (Lipinski definition) is 1. The largest absolute Gasteiger partial charge is 0.326 e. The summed E-state index contributed by atoms with van der Waals surface area (Å²) in [6, 6.07) is 6.03. The van der Waals surface area contributed by atoms with Crippen LogP contribution in [0.25, 0.3) is 16.8 Å². The number of hydrogen-bond acceptors (Lipinski definition) is 8. The normalized spacial score (nSPS) is 22.1. The molecule has 1 aromatic carbocycles. The second kappa shape index (κ2) is 10.3. The lowest BCUT2D eigenvalue weighted by atomic mass is 9.75. The molecule has 0 unspecified atom stereocenters. The van der Waals surface area contributed by atoms with Crippen LogP contribution in [0.1, 0.15) is 42.6 Å². The summed E-state index contributed by atoms with van der Waals surface area (Å²) in [6.45, 7) is 1.91. The Morgan fingerprint density at radius 3 is 2.35 bits per heavy atom. The highest BCUT2D eigenvalue weighted by molar-refractivity contribution is 7.91. The molecule has 0 bridgehead atoms. The average Bonchev–Trinajstić information content (AvgIpc) is 3.24. The van der Waals surface area contributed by atoms with Gasteiger partial charge in [0, 0.05) is 37.4 Å². The van der Waals surface area contributed by atoms with Crippen LogP contribution in [-0.2, 0) is 26.1 Å². The van der Waals surface area contributed by atoms with E-state index in [0.717, 1.165) is 29.5 Å². The van der Waals surface area contributed by atoms with Gasteiger partial charge < -0.3 is 5.73 Å². The molecule has 1 saturated carbocycles. The summed E-state index contributed by atoms with van der Waals surface area (Å²) in [7, 11) is -7.09. The smallest absolute Gasteiger partial charge is 0.175 e. The van der Waals surface area contributed by atoms with Crippen molar-refractivity contribution < 1.29 is 25.6 Å². The summed E-state index contributed by atoms with van der Waals surface area (Å²) in [5.74, 6) is -1.69. The lowest BCUT2D eigenvalue weighted by Gasteiger charge is -2.38. The third-order valence-corrected chi connectivity index (χ3v) is 10.5. The molecule has 0 spiro atoms. The van der Waals surface area contributed by atoms with E-state index in [-0.39, 0.29) is 17.5 Å². The number of imidazole rings is 1. The molecule has 0 saturated heterocycles. The highest BCUT2D eigenvalue weighted by Gasteiger charge is 2.40. The second-order valence-electron chi connectivity index (χ2n) is 10.6. The van der Waals surface area contributed by atoms with E-state index in [9.17, 15) is 25.6 Å². The first-order valence-electron chi connectivity index (χ1n) is 12.6. The van der Waals surface area contributed by atoms with Crippen LogP contribution in [-0.4, -0.2) is 60.2 Å². The fraction of sp³-hybridized carbons (Fsp3) is 0.370. The lowest BCUT2D eigenvalue weighted by Crippen LogP contribution is -2.48. The molecule has 3 heterocycles. The molecule has 0 aliphatic heterocycles. The van der Waals surface area contributed by atoms with Crippen molar-refractivity contribution in [2.24, 2.45) is 11.7 Å². The Bertz CT molecular complexity index is 1790. The van der Waals surface area contributed by atoms with Crippen LogP contribution >= 0.6 is 0 Å². The van der Waals surface area contributed by atoms with Gasteiger partial charge in [-0.15, -0.1) is 0 Å². The monoisotopic (exact) mass is 589 g/mol. The molecule has 5 rings (SSSR count). The van der Waals surface area contributed by atoms with Crippen LogP contribution in [0.15, 0.2) is 53.8 Å². The maximum atomic E-state index is 14.9. The summed E-state index contributed by atoms with van der Waals surface area (Å²) >= 11 is 0. The molecule has 13 heteroatoms. The molecule has 2 N–H and O–H groups in total. The Kier molecular flexibility index (Phi) is 7.26. The highest BCUT2D eigenvalue weighted by Crippen LogP contribution is 2.39. The van der Waals surface area contributed by atoms with Gasteiger partial charge in [0.15, 0.2) is 19.7 Å². The third kappa shape index (κ3) is 5.37. The van der Waals surface area contributed by atoms with E-state index in [4.69, 9.17) is 5.73 Å². The fourth-order valence-corrected chi connectivity index (χ4v) is 8.24. The summed E-state index contributed by atoms with van der Waals surface area (Å²) in [4.78, 5) is 8.30. The number of nitrogens with zero attached hydrogens (tertiary/aromatic N) is 4. The molecule has 212 valence electrons. The second-order valence-corrected chi connectivity index (χ2v) is 14.8. The first-order valence-corrected chi connectivity index (χ1v) is 16.5. The van der Waals surface area contributed by atoms with Crippen molar-refractivity contribution in [3.05, 3.63) is 77.5 Å². The number of halogens is 2. The van der Waals surface area contributed by atoms with E-state index in [0.29, 0.717) is 30.6 Å². The van der Waals surface area contributed by atoms with Gasteiger partial charge in [-0.25, -0.2) is 35.1 Å². The minimum Gasteiger partial charge on any atom is -0.326 e. The van der Waals surface area contributed by atoms with Gasteiger partial charge >= 0.3 is 0 Å². The SMILES string of the molecule is C[C@H]1C[C@@H](c2ccncc2Cc2ncc3ccc(-c4c(F)cc(S(C)(=O)=O)cc4F)nn23)C[C@@H](N)[C@@H]1S(C)(=O)=O. The fourth-order valence-electron chi connectivity index (χ4n) is 5.91. The van der Waals surface area contributed by atoms with Crippen molar-refractivity contribution in [3.8, 4) is 11.3 Å². The van der Waals surface area contributed by atoms with E-state index in [1.807, 2.05) is 13.0 Å². The first-order chi connectivity index (χ1) is 18.7. The summed E-state index contributed by atoms with van der Waals surface area (Å²) in [5, 5.41) is 3.84. The Morgan fingerprint density at radius 2 is 1.73 bits per heavy atom. The van der Waals surface area contributed by atoms with Crippen molar-refractivity contribution in [2.75, 3.05) is 12.5 Å². The molecule has 40 heavy (non-hydrogen) atoms. The zero-order valence-electron chi connectivity index (χ0n) is 22.1. The van der Waals surface area contributed by atoms with Crippen LogP contribution in [0.5, 0.6) is 0 Å². The lowest BCUT2D eigenvalue weighted by molar-refractivity contribution is 0.308. The van der Waals surface area contributed by atoms with Crippen LogP contribution in [0.4, 0.5) is 8.78 Å². The predicted octanol–water partition coefficient (Wildman–Crippen LogP) is 3.32. The molecule has 0 amide bonds. The van der Waals surface area contributed by atoms with Crippen LogP contribution in [0, 0.1) is 17.6 Å². The maximum absolute atomic E-state index is 14.9. The zero-order valence-corrected chi connectivity index (χ0v) is 23.8. The Balaban J connectivity index is 1.49. The molecule has 1 aliphatic rings. The third-order valence-electron chi connectivity index (χ3n) is 7.57. The molecular formula is C27H29F2N5O4S2. The van der Waals surface area contributed by atoms with Gasteiger partial charge in [0.25, 0.3) is 0 Å². The van der Waals surface area contributed by atoms with Crippen molar-refractivity contribution in [2.45, 2.75) is 48.3 Å². The van der Waals surface area contributed by atoms with Crippen LogP contribution < -0.4 is 5.73 Å². The van der Waals surface area contributed by atoms with Gasteiger partial charge in [0.2, 0.25) is 0 Å². The number of sulfone groups is 2. The number of aromatic nitrogens is 4. The molecular weight excluding hydrogens is 560 g/mol. The number of pyridine rings is 1. The van der Waals surface area contributed by atoms with E-state index in [1.54, 1.807) is 24.7 Å². The molecule has 1 fully saturated rings. The number of fused-ring (bicyclic) bond motifs is 1. The first kappa shape index (κ1) is 28.2. The minimum absolute atomic E-state index is 0.0206. The molecule has 9 nitrogen and oxygen atoms in total. The van der Waals surface area contributed by atoms with E-state index in [2.05, 4.69) is 15.1 Å². The molecule has 1 aliphatic carbocycles. The van der Waals surface area contributed by atoms with Gasteiger partial charge in [0.1, 0.15) is 17.5 Å².